The molecular formula is C48H56N2O7. The van der Waals surface area contributed by atoms with Gasteiger partial charge in [-0.05, 0) is 101 Å². The molecule has 4 aromatic carbocycles. The molecule has 2 fully saturated rings. The van der Waals surface area contributed by atoms with Crippen LogP contribution in [0.15, 0.2) is 109 Å². The quantitative estimate of drug-likeness (QED) is 0.164. The van der Waals surface area contributed by atoms with E-state index >= 15 is 0 Å². The van der Waals surface area contributed by atoms with Gasteiger partial charge in [0.05, 0.1) is 5.92 Å². The van der Waals surface area contributed by atoms with Crippen molar-refractivity contribution in [2.45, 2.75) is 111 Å². The standard InChI is InChI=1S/C26H31NO4.C22H25NO3/c1-17(2)23(28)22-16-21(27(24(22)29)25(30)31-26(3,4)5)15-18-11-13-20(14-12-18)19-9-7-6-8-10-19;1-22(2,3)26-21(25)23-19(13-14-20(23)24)15-16-9-11-18(12-10-16)17-7-5-4-6-8-17/h6-14,17,21-22H,15-16H2,1-5H3;4-12,19H,13-15H2,1-3H3/t21-,22?;19-/m10/s1. The molecule has 4 aromatic rings. The maximum Gasteiger partial charge on any atom is 0.417 e. The molecule has 9 nitrogen and oxygen atoms in total. The van der Waals surface area contributed by atoms with Crippen LogP contribution in [0.25, 0.3) is 22.3 Å². The maximum absolute atomic E-state index is 13.0. The van der Waals surface area contributed by atoms with Gasteiger partial charge in [-0.25, -0.2) is 19.4 Å². The Labute approximate surface area is 337 Å². The van der Waals surface area contributed by atoms with Crippen molar-refractivity contribution in [1.29, 1.82) is 0 Å². The number of Topliss-reactive ketones (excluding diaryl/α,β-unsaturated/α-hetero) is 1. The number of amides is 4. The van der Waals surface area contributed by atoms with Gasteiger partial charge in [-0.3, -0.25) is 14.4 Å². The van der Waals surface area contributed by atoms with E-state index in [9.17, 15) is 24.0 Å². The summed E-state index contributed by atoms with van der Waals surface area (Å²) in [6, 6.07) is 36.1. The van der Waals surface area contributed by atoms with Crippen LogP contribution in [0.5, 0.6) is 0 Å². The predicted octanol–water partition coefficient (Wildman–Crippen LogP) is 10.1. The van der Waals surface area contributed by atoms with Crippen molar-refractivity contribution in [3.8, 4) is 22.3 Å². The van der Waals surface area contributed by atoms with Crippen molar-refractivity contribution in [2.24, 2.45) is 11.8 Å². The van der Waals surface area contributed by atoms with Crippen LogP contribution in [0.3, 0.4) is 0 Å². The third-order valence-corrected chi connectivity index (χ3v) is 9.89. The first-order valence-electron chi connectivity index (χ1n) is 19.8. The third kappa shape index (κ3) is 11.5. The SMILES string of the molecule is CC(C)(C)OC(=O)N1C(=O)CC[C@H]1Cc1ccc(-c2ccccc2)cc1.CC(C)C(=O)C1C[C@@H](Cc2ccc(-c3ccccc3)cc2)N(C(=O)OC(C)(C)C)C1=O. The Morgan fingerprint density at radius 3 is 1.42 bits per heavy atom. The molecule has 0 radical (unpaired) electrons. The number of hydrogen-bond donors (Lipinski definition) is 0. The summed E-state index contributed by atoms with van der Waals surface area (Å²) < 4.78 is 10.9. The summed E-state index contributed by atoms with van der Waals surface area (Å²) in [6.07, 6.45) is 1.33. The van der Waals surface area contributed by atoms with Crippen molar-refractivity contribution in [3.05, 3.63) is 120 Å². The van der Waals surface area contributed by atoms with Gasteiger partial charge in [0.1, 0.15) is 17.0 Å². The van der Waals surface area contributed by atoms with Crippen LogP contribution in [0.2, 0.25) is 0 Å². The molecule has 9 heteroatoms. The van der Waals surface area contributed by atoms with Gasteiger partial charge in [-0.2, -0.15) is 0 Å². The van der Waals surface area contributed by atoms with Crippen LogP contribution in [0.4, 0.5) is 9.59 Å². The summed E-state index contributed by atoms with van der Waals surface area (Å²) in [6.45, 7) is 14.3. The Morgan fingerprint density at radius 1 is 0.596 bits per heavy atom. The van der Waals surface area contributed by atoms with E-state index in [1.54, 1.807) is 34.6 Å². The van der Waals surface area contributed by atoms with Gasteiger partial charge in [-0.1, -0.05) is 123 Å². The number of nitrogens with zero attached hydrogens (tertiary/aromatic N) is 2. The van der Waals surface area contributed by atoms with Crippen molar-refractivity contribution >= 4 is 29.8 Å². The van der Waals surface area contributed by atoms with Crippen LogP contribution in [0.1, 0.15) is 85.8 Å². The van der Waals surface area contributed by atoms with Crippen LogP contribution >= 0.6 is 0 Å². The number of benzene rings is 4. The molecule has 0 N–H and O–H groups in total. The summed E-state index contributed by atoms with van der Waals surface area (Å²) in [4.78, 5) is 65.5. The van der Waals surface area contributed by atoms with Crippen molar-refractivity contribution in [1.82, 2.24) is 9.80 Å². The molecular weight excluding hydrogens is 717 g/mol. The highest BCUT2D eigenvalue weighted by Gasteiger charge is 2.48. The fraction of sp³-hybridized carbons (Fsp3) is 0.396. The summed E-state index contributed by atoms with van der Waals surface area (Å²) in [7, 11) is 0. The normalized spacial score (nSPS) is 18.3. The highest BCUT2D eigenvalue weighted by Crippen LogP contribution is 2.32. The van der Waals surface area contributed by atoms with Crippen molar-refractivity contribution in [3.63, 3.8) is 0 Å². The molecule has 0 bridgehead atoms. The molecule has 300 valence electrons. The van der Waals surface area contributed by atoms with Gasteiger partial charge < -0.3 is 9.47 Å². The minimum Gasteiger partial charge on any atom is -0.443 e. The lowest BCUT2D eigenvalue weighted by molar-refractivity contribution is -0.138. The lowest BCUT2D eigenvalue weighted by Crippen LogP contribution is -2.44. The zero-order valence-electron chi connectivity index (χ0n) is 34.5. The molecule has 1 unspecified atom stereocenters. The number of carbonyl (C=O) groups excluding carboxylic acids is 5. The van der Waals surface area contributed by atoms with E-state index in [-0.39, 0.29) is 23.7 Å². The third-order valence-electron chi connectivity index (χ3n) is 9.89. The Balaban J connectivity index is 0.000000221. The Bertz CT molecular complexity index is 2010. The topological polar surface area (TPSA) is 110 Å². The first kappa shape index (κ1) is 42.6. The average Bonchev–Trinajstić information content (AvgIpc) is 3.69. The maximum atomic E-state index is 13.0. The summed E-state index contributed by atoms with van der Waals surface area (Å²) >= 11 is 0. The lowest BCUT2D eigenvalue weighted by atomic mass is 9.91. The summed E-state index contributed by atoms with van der Waals surface area (Å²) in [5.74, 6) is -1.77. The van der Waals surface area contributed by atoms with Crippen LogP contribution in [-0.2, 0) is 36.7 Å². The van der Waals surface area contributed by atoms with E-state index in [0.29, 0.717) is 32.1 Å². The van der Waals surface area contributed by atoms with Gasteiger partial charge in [0.2, 0.25) is 11.8 Å². The predicted molar refractivity (Wildman–Crippen MR) is 222 cm³/mol. The zero-order chi connectivity index (χ0) is 41.5. The van der Waals surface area contributed by atoms with Crippen LogP contribution < -0.4 is 0 Å². The zero-order valence-corrected chi connectivity index (χ0v) is 34.5. The summed E-state index contributed by atoms with van der Waals surface area (Å²) in [5.41, 5.74) is 5.33. The highest BCUT2D eigenvalue weighted by molar-refractivity contribution is 6.08. The molecule has 0 aliphatic carbocycles. The van der Waals surface area contributed by atoms with Gasteiger partial charge in [0.15, 0.2) is 0 Å². The Hall–Kier alpha value is -5.57. The molecule has 2 heterocycles. The smallest absolute Gasteiger partial charge is 0.417 e. The second kappa shape index (κ2) is 18.1. The number of likely N-dealkylation sites (tertiary alicyclic amines) is 2. The number of hydrogen-bond acceptors (Lipinski definition) is 7. The minimum atomic E-state index is -0.791. The highest BCUT2D eigenvalue weighted by atomic mass is 16.6. The number of carbonyl (C=O) groups is 5. The molecule has 2 saturated heterocycles. The first-order valence-corrected chi connectivity index (χ1v) is 19.8. The van der Waals surface area contributed by atoms with Crippen molar-refractivity contribution in [2.75, 3.05) is 0 Å². The Kier molecular flexibility index (Phi) is 13.5. The number of ether oxygens (including phenoxy) is 2. The van der Waals surface area contributed by atoms with E-state index in [0.717, 1.165) is 27.8 Å². The molecule has 0 spiro atoms. The monoisotopic (exact) mass is 772 g/mol. The van der Waals surface area contributed by atoms with E-state index in [1.165, 1.54) is 15.4 Å². The van der Waals surface area contributed by atoms with Gasteiger partial charge in [-0.15, -0.1) is 0 Å². The van der Waals surface area contributed by atoms with Gasteiger partial charge in [0.25, 0.3) is 0 Å². The van der Waals surface area contributed by atoms with Crippen LogP contribution in [-0.4, -0.2) is 62.9 Å². The fourth-order valence-corrected chi connectivity index (χ4v) is 7.16. The van der Waals surface area contributed by atoms with Gasteiger partial charge in [0, 0.05) is 24.4 Å². The van der Waals surface area contributed by atoms with E-state index < -0.39 is 41.3 Å². The second-order valence-electron chi connectivity index (χ2n) is 17.2. The molecule has 57 heavy (non-hydrogen) atoms. The Morgan fingerprint density at radius 2 is 1.00 bits per heavy atom. The second-order valence-corrected chi connectivity index (χ2v) is 17.2. The molecule has 2 aliphatic heterocycles. The van der Waals surface area contributed by atoms with E-state index in [4.69, 9.17) is 9.47 Å². The number of imide groups is 2. The summed E-state index contributed by atoms with van der Waals surface area (Å²) in [5, 5.41) is 0. The number of rotatable bonds is 8. The molecule has 3 atom stereocenters. The molecule has 4 amide bonds. The molecule has 0 saturated carbocycles. The fourth-order valence-electron chi connectivity index (χ4n) is 7.16. The van der Waals surface area contributed by atoms with Gasteiger partial charge >= 0.3 is 12.2 Å². The molecule has 6 rings (SSSR count). The minimum absolute atomic E-state index is 0.125. The van der Waals surface area contributed by atoms with E-state index in [2.05, 4.69) is 48.5 Å². The van der Waals surface area contributed by atoms with E-state index in [1.807, 2.05) is 81.4 Å². The molecule has 0 aromatic heterocycles. The van der Waals surface area contributed by atoms with Crippen molar-refractivity contribution < 1.29 is 33.4 Å². The first-order chi connectivity index (χ1) is 26.9. The average molecular weight is 773 g/mol. The van der Waals surface area contributed by atoms with Crippen LogP contribution in [0, 0.1) is 11.8 Å². The largest absolute Gasteiger partial charge is 0.443 e. The number of ketones is 1. The lowest BCUT2D eigenvalue weighted by Gasteiger charge is -2.27. The molecule has 2 aliphatic rings.